The summed E-state index contributed by atoms with van der Waals surface area (Å²) in [6.07, 6.45) is -4.53. The molecule has 1 saturated heterocycles. The number of aromatic hydroxyl groups is 2. The summed E-state index contributed by atoms with van der Waals surface area (Å²) >= 11 is 0. The Morgan fingerprint density at radius 2 is 1.85 bits per heavy atom. The molecule has 3 aliphatic rings. The second-order valence-corrected chi connectivity index (χ2v) is 10.4. The van der Waals surface area contributed by atoms with Crippen LogP contribution in [-0.2, 0) is 20.7 Å². The number of ketones is 3. The van der Waals surface area contributed by atoms with E-state index in [1.807, 2.05) is 0 Å². The zero-order chi connectivity index (χ0) is 28.4. The molecule has 2 aromatic rings. The van der Waals surface area contributed by atoms with Crippen molar-refractivity contribution in [3.63, 3.8) is 0 Å². The van der Waals surface area contributed by atoms with Gasteiger partial charge in [0.2, 0.25) is 5.78 Å². The minimum Gasteiger partial charge on any atom is -0.507 e. The van der Waals surface area contributed by atoms with Gasteiger partial charge in [-0.1, -0.05) is 19.1 Å². The van der Waals surface area contributed by atoms with E-state index in [-0.39, 0.29) is 47.3 Å². The Morgan fingerprint density at radius 1 is 1.15 bits per heavy atom. The van der Waals surface area contributed by atoms with Crippen molar-refractivity contribution in [3.05, 3.63) is 51.6 Å². The van der Waals surface area contributed by atoms with Crippen LogP contribution in [0.4, 0.5) is 0 Å². The molecule has 0 spiro atoms. The largest absolute Gasteiger partial charge is 0.507 e. The number of aliphatic hydroxyl groups is 2. The molecule has 0 aromatic heterocycles. The van der Waals surface area contributed by atoms with Gasteiger partial charge in [-0.05, 0) is 13.0 Å². The lowest BCUT2D eigenvalue weighted by atomic mass is 9.71. The Labute approximate surface area is 224 Å². The maximum absolute atomic E-state index is 13.7. The van der Waals surface area contributed by atoms with Crippen molar-refractivity contribution in [1.29, 1.82) is 0 Å². The number of carbonyl (C=O) groups is 3. The molecule has 1 fully saturated rings. The molecule has 6 N–H and O–H groups in total. The van der Waals surface area contributed by atoms with E-state index in [4.69, 9.17) is 19.9 Å². The van der Waals surface area contributed by atoms with Crippen LogP contribution in [0.1, 0.15) is 82.2 Å². The zero-order valence-corrected chi connectivity index (χ0v) is 21.8. The first-order valence-electron chi connectivity index (χ1n) is 12.8. The number of hydrogen-bond acceptors (Lipinski definition) is 11. The number of Topliss-reactive ketones (excluding diaryl/α,β-unsaturated/α-hetero) is 1. The van der Waals surface area contributed by atoms with Crippen LogP contribution in [0.5, 0.6) is 17.2 Å². The fourth-order valence-electron chi connectivity index (χ4n) is 5.93. The number of rotatable bonds is 5. The Kier molecular flexibility index (Phi) is 6.76. The number of phenolic OH excluding ortho intramolecular Hbond substituents is 2. The van der Waals surface area contributed by atoms with Crippen LogP contribution >= 0.6 is 0 Å². The van der Waals surface area contributed by atoms with Crippen molar-refractivity contribution in [2.24, 2.45) is 5.73 Å². The minimum atomic E-state index is -1.99. The van der Waals surface area contributed by atoms with Crippen LogP contribution in [0, 0.1) is 0 Å². The highest BCUT2D eigenvalue weighted by molar-refractivity contribution is 6.31. The van der Waals surface area contributed by atoms with Crippen LogP contribution < -0.4 is 10.5 Å². The van der Waals surface area contributed by atoms with E-state index in [2.05, 4.69) is 0 Å². The summed E-state index contributed by atoms with van der Waals surface area (Å²) in [4.78, 5) is 40.1. The molecular formula is C28H31NO10. The lowest BCUT2D eigenvalue weighted by molar-refractivity contribution is -0.247. The first kappa shape index (κ1) is 27.2. The standard InChI is InChI=1S/C28H31NO10/c1-4-17(30)28(36)9-13-20(16(10-28)39-18-8-14(29)23(31)11(2)38-18)27(35)22-21(25(13)33)24(32)12-6-5-7-15(37-3)19(12)26(22)34/h5-7,11,14,16,18,23,31,33,35-36H,4,8-10,29H2,1-3H3/t11-,14+,16-,18-,23-,28-/m0/s1. The summed E-state index contributed by atoms with van der Waals surface area (Å²) < 4.78 is 17.1. The summed E-state index contributed by atoms with van der Waals surface area (Å²) in [5.74, 6) is -3.07. The molecule has 0 radical (unpaired) electrons. The number of aliphatic hydroxyl groups excluding tert-OH is 1. The van der Waals surface area contributed by atoms with E-state index in [1.165, 1.54) is 25.3 Å². The quantitative estimate of drug-likeness (QED) is 0.294. The highest BCUT2D eigenvalue weighted by Crippen LogP contribution is 2.52. The Morgan fingerprint density at radius 3 is 2.49 bits per heavy atom. The molecule has 1 aliphatic heterocycles. The summed E-state index contributed by atoms with van der Waals surface area (Å²) in [6, 6.07) is 3.76. The summed E-state index contributed by atoms with van der Waals surface area (Å²) in [7, 11) is 1.34. The van der Waals surface area contributed by atoms with Gasteiger partial charge in [-0.3, -0.25) is 14.4 Å². The zero-order valence-electron chi connectivity index (χ0n) is 21.8. The van der Waals surface area contributed by atoms with Crippen molar-refractivity contribution in [2.45, 2.75) is 75.8 Å². The van der Waals surface area contributed by atoms with Gasteiger partial charge in [0.1, 0.15) is 22.8 Å². The third-order valence-electron chi connectivity index (χ3n) is 7.98. The molecule has 6 atom stereocenters. The summed E-state index contributed by atoms with van der Waals surface area (Å²) in [6.45, 7) is 3.19. The monoisotopic (exact) mass is 541 g/mol. The van der Waals surface area contributed by atoms with Crippen molar-refractivity contribution in [1.82, 2.24) is 0 Å². The molecule has 2 aliphatic carbocycles. The Bertz CT molecular complexity index is 1380. The number of nitrogens with two attached hydrogens (primary N) is 1. The van der Waals surface area contributed by atoms with Crippen molar-refractivity contribution in [2.75, 3.05) is 7.11 Å². The third kappa shape index (κ3) is 4.12. The number of hydrogen-bond donors (Lipinski definition) is 5. The van der Waals surface area contributed by atoms with Crippen LogP contribution in [0.3, 0.4) is 0 Å². The maximum atomic E-state index is 13.7. The average molecular weight is 542 g/mol. The summed E-state index contributed by atoms with van der Waals surface area (Å²) in [5, 5.41) is 44.5. The molecule has 208 valence electrons. The number of methoxy groups -OCH3 is 1. The van der Waals surface area contributed by atoms with Crippen molar-refractivity contribution >= 4 is 17.3 Å². The molecule has 11 heteroatoms. The minimum absolute atomic E-state index is 0.0119. The SMILES string of the molecule is CCC(=O)[C@]1(O)Cc2c(O)c3c(c(O)c2[C@@H](O[C@H]2C[C@@H](N)[C@@H](O)[C@H](C)O2)C1)C(=O)c1c(OC)cccc1C3=O. The molecule has 0 bridgehead atoms. The number of ether oxygens (including phenoxy) is 3. The van der Waals surface area contributed by atoms with Crippen LogP contribution in [0.2, 0.25) is 0 Å². The lowest BCUT2D eigenvalue weighted by Crippen LogP contribution is -2.52. The van der Waals surface area contributed by atoms with Gasteiger partial charge in [-0.15, -0.1) is 0 Å². The molecule has 0 amide bonds. The third-order valence-corrected chi connectivity index (χ3v) is 7.98. The van der Waals surface area contributed by atoms with E-state index in [0.717, 1.165) is 0 Å². The van der Waals surface area contributed by atoms with Crippen molar-refractivity contribution < 1.29 is 49.0 Å². The summed E-state index contributed by atoms with van der Waals surface area (Å²) in [5.41, 5.74) is 3.03. The number of carbonyl (C=O) groups excluding carboxylic acids is 3. The first-order chi connectivity index (χ1) is 18.4. The van der Waals surface area contributed by atoms with Crippen LogP contribution in [0.25, 0.3) is 0 Å². The molecular weight excluding hydrogens is 510 g/mol. The second-order valence-electron chi connectivity index (χ2n) is 10.4. The van der Waals surface area contributed by atoms with Crippen molar-refractivity contribution in [3.8, 4) is 17.2 Å². The van der Waals surface area contributed by atoms with Gasteiger partial charge in [0.05, 0.1) is 42.1 Å². The fourth-order valence-corrected chi connectivity index (χ4v) is 5.93. The van der Waals surface area contributed by atoms with E-state index in [0.29, 0.717) is 0 Å². The highest BCUT2D eigenvalue weighted by Gasteiger charge is 2.49. The van der Waals surface area contributed by atoms with E-state index in [9.17, 15) is 34.8 Å². The maximum Gasteiger partial charge on any atom is 0.202 e. The van der Waals surface area contributed by atoms with Gasteiger partial charge in [0.15, 0.2) is 17.9 Å². The molecule has 11 nitrogen and oxygen atoms in total. The van der Waals surface area contributed by atoms with Crippen LogP contribution in [0.15, 0.2) is 18.2 Å². The number of fused-ring (bicyclic) bond motifs is 3. The molecule has 39 heavy (non-hydrogen) atoms. The first-order valence-corrected chi connectivity index (χ1v) is 12.8. The van der Waals surface area contributed by atoms with E-state index in [1.54, 1.807) is 13.8 Å². The van der Waals surface area contributed by atoms with Gasteiger partial charge in [0.25, 0.3) is 0 Å². The molecule has 0 unspecified atom stereocenters. The molecule has 0 saturated carbocycles. The topological polar surface area (TPSA) is 186 Å². The lowest BCUT2D eigenvalue weighted by Gasteiger charge is -2.42. The van der Waals surface area contributed by atoms with E-state index < -0.39 is 82.6 Å². The molecule has 5 rings (SSSR count). The average Bonchev–Trinajstić information content (AvgIpc) is 2.90. The fraction of sp³-hybridized carbons (Fsp3) is 0.464. The molecule has 1 heterocycles. The van der Waals surface area contributed by atoms with Gasteiger partial charge < -0.3 is 40.4 Å². The Balaban J connectivity index is 1.69. The van der Waals surface area contributed by atoms with Gasteiger partial charge >= 0.3 is 0 Å². The second kappa shape index (κ2) is 9.68. The number of benzene rings is 2. The predicted octanol–water partition coefficient (Wildman–Crippen LogP) is 1.42. The van der Waals surface area contributed by atoms with Gasteiger partial charge in [0, 0.05) is 48.4 Å². The van der Waals surface area contributed by atoms with E-state index >= 15 is 0 Å². The highest BCUT2D eigenvalue weighted by atomic mass is 16.7. The molecule has 2 aromatic carbocycles. The smallest absolute Gasteiger partial charge is 0.202 e. The normalized spacial score (nSPS) is 29.8. The number of phenols is 2. The van der Waals surface area contributed by atoms with Crippen LogP contribution in [-0.4, -0.2) is 75.0 Å². The van der Waals surface area contributed by atoms with Gasteiger partial charge in [-0.25, -0.2) is 0 Å². The van der Waals surface area contributed by atoms with Gasteiger partial charge in [-0.2, -0.15) is 0 Å². The predicted molar refractivity (Wildman–Crippen MR) is 135 cm³/mol. The Hall–Kier alpha value is -3.35.